The van der Waals surface area contributed by atoms with Crippen molar-refractivity contribution >= 4 is 3.21 Å². The van der Waals surface area contributed by atoms with Gasteiger partial charge in [0.05, 0.1) is 0 Å². The number of aryl methyl sites for hydroxylation is 2. The molecule has 3 heteroatoms. The molecular weight excluding hydrogens is 835 g/mol. The van der Waals surface area contributed by atoms with Gasteiger partial charge in [-0.2, -0.15) is 29.3 Å². The quantitative estimate of drug-likeness (QED) is 0.158. The van der Waals surface area contributed by atoms with E-state index >= 15 is 0 Å². The predicted molar refractivity (Wildman–Crippen MR) is 248 cm³/mol. The van der Waals surface area contributed by atoms with Gasteiger partial charge in [0, 0.05) is 0 Å². The van der Waals surface area contributed by atoms with Crippen LogP contribution in [0.1, 0.15) is 179 Å². The van der Waals surface area contributed by atoms with Gasteiger partial charge in [0.2, 0.25) is 0 Å². The van der Waals surface area contributed by atoms with Crippen molar-refractivity contribution in [3.8, 4) is 11.1 Å². The second-order valence-corrected chi connectivity index (χ2v) is 23.1. The molecule has 59 heavy (non-hydrogen) atoms. The summed E-state index contributed by atoms with van der Waals surface area (Å²) in [6.07, 6.45) is 11.4. The van der Waals surface area contributed by atoms with Crippen molar-refractivity contribution in [3.05, 3.63) is 152 Å². The zero-order valence-electron chi connectivity index (χ0n) is 40.0. The van der Waals surface area contributed by atoms with E-state index in [2.05, 4.69) is 216 Å². The summed E-state index contributed by atoms with van der Waals surface area (Å²) in [6, 6.07) is 28.9. The van der Waals surface area contributed by atoms with Crippen LogP contribution >= 0.6 is 0 Å². The number of hydrogen-bond acceptors (Lipinski definition) is 0. The van der Waals surface area contributed by atoms with Gasteiger partial charge >= 0.3 is 112 Å². The maximum Gasteiger partial charge on any atom is -1.00 e. The SMILES string of the molecule is CC(C)(C)c1[c-]c2c(cc1C(C)(C)C)-c1cc(C(C)(C)C)c(C(C)(C)C)cc1C2.CCCC1[C-]=CC(C(C)(C)C)=C1.Cc1ccc([C](=[Zr+2])c2ccc(C)cc2)cc1.[Cl-].[Cl-]. The molecule has 4 aromatic carbocycles. The fourth-order valence-electron chi connectivity index (χ4n) is 7.69. The van der Waals surface area contributed by atoms with Crippen LogP contribution in [0.3, 0.4) is 0 Å². The molecule has 6 rings (SSSR count). The average Bonchev–Trinajstić information content (AvgIpc) is 3.71. The maximum absolute atomic E-state index is 3.90. The molecule has 0 fully saturated rings. The normalized spacial score (nSPS) is 14.7. The summed E-state index contributed by atoms with van der Waals surface area (Å²) in [4.78, 5) is 0. The third kappa shape index (κ3) is 13.8. The smallest absolute Gasteiger partial charge is 1.00 e. The van der Waals surface area contributed by atoms with Gasteiger partial charge in [-0.15, -0.1) is 16.7 Å². The molecule has 2 aliphatic carbocycles. The van der Waals surface area contributed by atoms with Crippen LogP contribution in [0.4, 0.5) is 0 Å². The summed E-state index contributed by atoms with van der Waals surface area (Å²) in [7, 11) is 0. The summed E-state index contributed by atoms with van der Waals surface area (Å²) < 4.78 is 1.42. The van der Waals surface area contributed by atoms with E-state index in [1.54, 1.807) is 0 Å². The number of hydrogen-bond donors (Lipinski definition) is 0. The Morgan fingerprint density at radius 2 is 1.03 bits per heavy atom. The zero-order chi connectivity index (χ0) is 42.9. The van der Waals surface area contributed by atoms with Crippen molar-refractivity contribution in [3.63, 3.8) is 0 Å². The molecule has 0 spiro atoms. The fraction of sp³-hybridized carbons (Fsp3) is 0.482. The summed E-state index contributed by atoms with van der Waals surface area (Å²) in [5, 5.41) is 0. The van der Waals surface area contributed by atoms with Gasteiger partial charge < -0.3 is 24.8 Å². The number of benzene rings is 4. The van der Waals surface area contributed by atoms with Gasteiger partial charge in [-0.3, -0.25) is 6.08 Å². The second kappa shape index (κ2) is 20.3. The van der Waals surface area contributed by atoms with Crippen LogP contribution in [0.15, 0.2) is 84.5 Å². The maximum atomic E-state index is 3.90. The Labute approximate surface area is 389 Å². The van der Waals surface area contributed by atoms with E-state index in [-0.39, 0.29) is 46.5 Å². The van der Waals surface area contributed by atoms with Crippen molar-refractivity contribution in [1.29, 1.82) is 0 Å². The Hall–Kier alpha value is -2.31. The summed E-state index contributed by atoms with van der Waals surface area (Å²) >= 11 is 1.46. The van der Waals surface area contributed by atoms with Crippen LogP contribution in [0.25, 0.3) is 11.1 Å². The Morgan fingerprint density at radius 3 is 1.42 bits per heavy atom. The molecule has 0 aromatic heterocycles. The summed E-state index contributed by atoms with van der Waals surface area (Å²) in [5.74, 6) is 0.587. The Balaban J connectivity index is 0.000000337. The predicted octanol–water partition coefficient (Wildman–Crippen LogP) is 9.42. The average molecular weight is 909 g/mol. The number of rotatable bonds is 4. The molecule has 0 saturated heterocycles. The summed E-state index contributed by atoms with van der Waals surface area (Å²) in [6.45, 7) is 41.2. The van der Waals surface area contributed by atoms with Gasteiger partial charge in [-0.05, 0) is 39.4 Å². The first-order valence-corrected chi connectivity index (χ1v) is 22.7. The van der Waals surface area contributed by atoms with Gasteiger partial charge in [0.15, 0.2) is 0 Å². The van der Waals surface area contributed by atoms with Crippen LogP contribution in [0.5, 0.6) is 0 Å². The largest absolute Gasteiger partial charge is 1.00 e. The molecule has 0 amide bonds. The number of fused-ring (bicyclic) bond motifs is 3. The minimum absolute atomic E-state index is 0. The third-order valence-electron chi connectivity index (χ3n) is 11.2. The van der Waals surface area contributed by atoms with Crippen molar-refractivity contribution in [2.24, 2.45) is 11.3 Å². The first-order chi connectivity index (χ1) is 26.1. The van der Waals surface area contributed by atoms with Crippen LogP contribution in [-0.4, -0.2) is 3.21 Å². The van der Waals surface area contributed by atoms with E-state index in [1.165, 1.54) is 113 Å². The molecule has 0 nitrogen and oxygen atoms in total. The molecule has 0 heterocycles. The van der Waals surface area contributed by atoms with Crippen molar-refractivity contribution in [2.45, 2.75) is 166 Å². The number of allylic oxidation sites excluding steroid dienone is 4. The summed E-state index contributed by atoms with van der Waals surface area (Å²) in [5.41, 5.74) is 19.0. The minimum atomic E-state index is 0. The van der Waals surface area contributed by atoms with Crippen LogP contribution in [-0.2, 0) is 52.3 Å². The monoisotopic (exact) mass is 906 g/mol. The van der Waals surface area contributed by atoms with Crippen LogP contribution < -0.4 is 24.8 Å². The van der Waals surface area contributed by atoms with E-state index in [0.717, 1.165) is 6.42 Å². The molecule has 0 saturated carbocycles. The molecule has 1 unspecified atom stereocenters. The van der Waals surface area contributed by atoms with E-state index < -0.39 is 0 Å². The molecule has 0 bridgehead atoms. The molecule has 0 N–H and O–H groups in total. The Morgan fingerprint density at radius 1 is 0.593 bits per heavy atom. The number of halogens is 2. The van der Waals surface area contributed by atoms with Gasteiger partial charge in [-0.25, -0.2) is 6.08 Å². The molecule has 0 radical (unpaired) electrons. The van der Waals surface area contributed by atoms with E-state index in [1.807, 2.05) is 0 Å². The fourth-order valence-corrected chi connectivity index (χ4v) is 8.51. The molecule has 2 aliphatic rings. The van der Waals surface area contributed by atoms with Gasteiger partial charge in [0.25, 0.3) is 0 Å². The first-order valence-electron chi connectivity index (χ1n) is 21.4. The van der Waals surface area contributed by atoms with Crippen molar-refractivity contribution in [1.82, 2.24) is 0 Å². The molecule has 4 aromatic rings. The van der Waals surface area contributed by atoms with Crippen molar-refractivity contribution < 1.29 is 49.0 Å². The van der Waals surface area contributed by atoms with Crippen LogP contribution in [0, 0.1) is 37.3 Å². The Kier molecular flexibility index (Phi) is 18.1. The van der Waals surface area contributed by atoms with E-state index in [4.69, 9.17) is 0 Å². The van der Waals surface area contributed by atoms with Gasteiger partial charge in [0.1, 0.15) is 0 Å². The standard InChI is InChI=1S/C29H41.C15H14.C12H19.2ClH.Zr/c1-26(2,3)22-14-18-13-19-15-23(27(4,5)6)25(29(10,11)12)17-21(19)20(18)16-24(22)28(7,8)9;1-12-3-7-14(8-4-12)11-15-9-5-13(2)6-10-15;1-5-6-10-7-8-11(9-10)12(2,3)4;;;/h14,16-17H,13H2,1-12H3;3-10H,1-2H3;8-10H,5-6H2,1-4H3;2*1H;/q-1;;-1;;;+2/p-2. The van der Waals surface area contributed by atoms with E-state index in [9.17, 15) is 0 Å². The zero-order valence-corrected chi connectivity index (χ0v) is 43.9. The van der Waals surface area contributed by atoms with Crippen LogP contribution in [0.2, 0.25) is 0 Å². The minimum Gasteiger partial charge on any atom is -1.00 e. The van der Waals surface area contributed by atoms with E-state index in [0.29, 0.717) is 11.3 Å². The molecular formula is C56H74Cl2Zr-2. The molecule has 1 atom stereocenters. The molecule has 318 valence electrons. The van der Waals surface area contributed by atoms with Gasteiger partial charge in [-0.1, -0.05) is 158 Å². The second-order valence-electron chi connectivity index (χ2n) is 21.9. The molecule has 0 aliphatic heterocycles. The first kappa shape index (κ1) is 52.8. The van der Waals surface area contributed by atoms with Crippen molar-refractivity contribution in [2.75, 3.05) is 0 Å². The Bertz CT molecular complexity index is 1960. The third-order valence-corrected chi connectivity index (χ3v) is 12.6. The topological polar surface area (TPSA) is 0 Å².